The highest BCUT2D eigenvalue weighted by Gasteiger charge is 2.44. The number of hydrogen-bond acceptors (Lipinski definition) is 5. The topological polar surface area (TPSA) is 73.1 Å². The molecule has 3 rings (SSSR count). The molecule has 0 unspecified atom stereocenters. The van der Waals surface area contributed by atoms with Gasteiger partial charge in [-0.1, -0.05) is 37.5 Å². The molecule has 1 heterocycles. The number of hydrogen-bond donors (Lipinski definition) is 0. The maximum Gasteiger partial charge on any atom is 0.249 e. The van der Waals surface area contributed by atoms with Crippen molar-refractivity contribution in [2.24, 2.45) is 0 Å². The molecule has 0 N–H and O–H groups in total. The van der Waals surface area contributed by atoms with Crippen LogP contribution in [0, 0.1) is 0 Å². The average Bonchev–Trinajstić information content (AvgIpc) is 3.13. The van der Waals surface area contributed by atoms with Crippen molar-refractivity contribution in [3.8, 4) is 5.69 Å². The number of methoxy groups -OCH3 is 1. The normalized spacial score (nSPS) is 16.8. The first-order chi connectivity index (χ1) is 11.7. The van der Waals surface area contributed by atoms with E-state index in [2.05, 4.69) is 15.5 Å². The highest BCUT2D eigenvalue weighted by Crippen LogP contribution is 2.41. The first kappa shape index (κ1) is 16.6. The molecule has 2 aromatic rings. The Morgan fingerprint density at radius 1 is 1.25 bits per heavy atom. The molecule has 1 aromatic heterocycles. The van der Waals surface area contributed by atoms with Crippen LogP contribution in [0.5, 0.6) is 0 Å². The van der Waals surface area contributed by atoms with Gasteiger partial charge in [0.15, 0.2) is 5.82 Å². The van der Waals surface area contributed by atoms with Crippen molar-refractivity contribution in [3.05, 3.63) is 36.2 Å². The monoisotopic (exact) mass is 329 g/mol. The van der Waals surface area contributed by atoms with Gasteiger partial charge in [0.2, 0.25) is 5.91 Å². The van der Waals surface area contributed by atoms with E-state index in [-0.39, 0.29) is 12.5 Å². The van der Waals surface area contributed by atoms with E-state index in [0.717, 1.165) is 37.2 Å². The molecule has 1 fully saturated rings. The van der Waals surface area contributed by atoms with Crippen LogP contribution < -0.4 is 0 Å². The van der Waals surface area contributed by atoms with E-state index in [4.69, 9.17) is 4.74 Å². The number of carbonyl (C=O) groups excluding carboxylic acids is 1. The molecule has 1 aliphatic rings. The van der Waals surface area contributed by atoms with Crippen molar-refractivity contribution in [2.45, 2.75) is 37.6 Å². The van der Waals surface area contributed by atoms with Crippen LogP contribution in [-0.2, 0) is 15.1 Å². The minimum atomic E-state index is -0.493. The number of carbonyl (C=O) groups is 1. The summed E-state index contributed by atoms with van der Waals surface area (Å²) in [7, 11) is 3.37. The largest absolute Gasteiger partial charge is 0.375 e. The first-order valence-electron chi connectivity index (χ1n) is 8.29. The SMILES string of the molecule is COCC(=O)N(C)C1(c2nnnn2-c2ccccc2)CCCCC1. The third-order valence-electron chi connectivity index (χ3n) is 4.85. The quantitative estimate of drug-likeness (QED) is 0.838. The Hall–Kier alpha value is -2.28. The van der Waals surface area contributed by atoms with E-state index >= 15 is 0 Å². The van der Waals surface area contributed by atoms with Crippen LogP contribution in [0.1, 0.15) is 37.9 Å². The summed E-state index contributed by atoms with van der Waals surface area (Å²) in [6.07, 6.45) is 4.97. The van der Waals surface area contributed by atoms with Crippen molar-refractivity contribution in [1.82, 2.24) is 25.1 Å². The summed E-state index contributed by atoms with van der Waals surface area (Å²) in [5.74, 6) is 0.669. The number of benzene rings is 1. The van der Waals surface area contributed by atoms with Crippen molar-refractivity contribution >= 4 is 5.91 Å². The highest BCUT2D eigenvalue weighted by atomic mass is 16.5. The lowest BCUT2D eigenvalue weighted by atomic mass is 9.79. The minimum absolute atomic E-state index is 0.0537. The van der Waals surface area contributed by atoms with Gasteiger partial charge >= 0.3 is 0 Å². The molecule has 0 saturated heterocycles. The number of para-hydroxylation sites is 1. The molecule has 1 aromatic carbocycles. The predicted molar refractivity (Wildman–Crippen MR) is 88.6 cm³/mol. The van der Waals surface area contributed by atoms with Crippen LogP contribution in [0.25, 0.3) is 5.69 Å². The highest BCUT2D eigenvalue weighted by molar-refractivity contribution is 5.78. The van der Waals surface area contributed by atoms with Gasteiger partial charge in [-0.3, -0.25) is 4.79 Å². The van der Waals surface area contributed by atoms with Crippen LogP contribution in [-0.4, -0.2) is 51.8 Å². The molecule has 128 valence electrons. The lowest BCUT2D eigenvalue weighted by Gasteiger charge is -2.43. The Labute approximate surface area is 141 Å². The third-order valence-corrected chi connectivity index (χ3v) is 4.85. The van der Waals surface area contributed by atoms with E-state index in [1.165, 1.54) is 13.5 Å². The van der Waals surface area contributed by atoms with Crippen LogP contribution in [0.15, 0.2) is 30.3 Å². The number of aromatic nitrogens is 4. The van der Waals surface area contributed by atoms with Crippen molar-refractivity contribution in [2.75, 3.05) is 20.8 Å². The standard InChI is InChI=1S/C17H23N5O2/c1-21(15(23)13-24-2)17(11-7-4-8-12-17)16-18-19-20-22(16)14-9-5-3-6-10-14/h3,5-6,9-10H,4,7-8,11-13H2,1-2H3. The fraction of sp³-hybridized carbons (Fsp3) is 0.529. The molecule has 0 bridgehead atoms. The van der Waals surface area contributed by atoms with Crippen LogP contribution in [0.4, 0.5) is 0 Å². The maximum absolute atomic E-state index is 12.5. The molecule has 0 aliphatic heterocycles. The molecule has 0 radical (unpaired) electrons. The van der Waals surface area contributed by atoms with Crippen LogP contribution in [0.3, 0.4) is 0 Å². The molecule has 7 nitrogen and oxygen atoms in total. The van der Waals surface area contributed by atoms with Gasteiger partial charge in [0.25, 0.3) is 0 Å². The van der Waals surface area contributed by atoms with E-state index < -0.39 is 5.54 Å². The molecule has 1 saturated carbocycles. The fourth-order valence-electron chi connectivity index (χ4n) is 3.53. The van der Waals surface area contributed by atoms with Crippen LogP contribution in [0.2, 0.25) is 0 Å². The van der Waals surface area contributed by atoms with Gasteiger partial charge in [0.05, 0.1) is 5.69 Å². The van der Waals surface area contributed by atoms with E-state index in [1.54, 1.807) is 9.58 Å². The van der Waals surface area contributed by atoms with Crippen molar-refractivity contribution < 1.29 is 9.53 Å². The summed E-state index contributed by atoms with van der Waals surface area (Å²) in [6.45, 7) is 0.0607. The summed E-state index contributed by atoms with van der Waals surface area (Å²) in [5.41, 5.74) is 0.405. The van der Waals surface area contributed by atoms with Gasteiger partial charge in [0, 0.05) is 14.2 Å². The first-order valence-corrected chi connectivity index (χ1v) is 8.29. The zero-order valence-electron chi connectivity index (χ0n) is 14.2. The zero-order chi connectivity index (χ0) is 17.0. The molecule has 0 atom stereocenters. The van der Waals surface area contributed by atoms with Gasteiger partial charge < -0.3 is 9.64 Å². The maximum atomic E-state index is 12.5. The summed E-state index contributed by atoms with van der Waals surface area (Å²) in [6, 6.07) is 9.79. The number of rotatable bonds is 5. The average molecular weight is 329 g/mol. The van der Waals surface area contributed by atoms with E-state index in [9.17, 15) is 4.79 Å². The Kier molecular flexibility index (Phi) is 4.89. The second kappa shape index (κ2) is 7.09. The van der Waals surface area contributed by atoms with Gasteiger partial charge in [-0.15, -0.1) is 5.10 Å². The molecule has 7 heteroatoms. The molecule has 1 aliphatic carbocycles. The summed E-state index contributed by atoms with van der Waals surface area (Å²) in [5, 5.41) is 12.4. The predicted octanol–water partition coefficient (Wildman–Crippen LogP) is 1.93. The second-order valence-electron chi connectivity index (χ2n) is 6.23. The van der Waals surface area contributed by atoms with E-state index in [0.29, 0.717) is 0 Å². The zero-order valence-corrected chi connectivity index (χ0v) is 14.2. The molecule has 24 heavy (non-hydrogen) atoms. The number of tetrazole rings is 1. The molecule has 0 spiro atoms. The van der Waals surface area contributed by atoms with Crippen molar-refractivity contribution in [1.29, 1.82) is 0 Å². The second-order valence-corrected chi connectivity index (χ2v) is 6.23. The fourth-order valence-corrected chi connectivity index (χ4v) is 3.53. The van der Waals surface area contributed by atoms with Gasteiger partial charge in [-0.05, 0) is 35.4 Å². The van der Waals surface area contributed by atoms with E-state index in [1.807, 2.05) is 37.4 Å². The third kappa shape index (κ3) is 2.91. The Balaban J connectivity index is 2.05. The van der Waals surface area contributed by atoms with Gasteiger partial charge in [-0.25, -0.2) is 0 Å². The number of ether oxygens (including phenoxy) is 1. The van der Waals surface area contributed by atoms with Crippen LogP contribution >= 0.6 is 0 Å². The smallest absolute Gasteiger partial charge is 0.249 e. The Morgan fingerprint density at radius 3 is 2.62 bits per heavy atom. The Morgan fingerprint density at radius 2 is 1.96 bits per heavy atom. The summed E-state index contributed by atoms with van der Waals surface area (Å²) < 4.78 is 6.80. The summed E-state index contributed by atoms with van der Waals surface area (Å²) >= 11 is 0. The van der Waals surface area contributed by atoms with Gasteiger partial charge in [0.1, 0.15) is 12.1 Å². The minimum Gasteiger partial charge on any atom is -0.375 e. The number of likely N-dealkylation sites (N-methyl/N-ethyl adjacent to an activating group) is 1. The number of nitrogens with zero attached hydrogens (tertiary/aromatic N) is 5. The lowest BCUT2D eigenvalue weighted by molar-refractivity contribution is -0.142. The lowest BCUT2D eigenvalue weighted by Crippen LogP contribution is -2.51. The molecule has 1 amide bonds. The molecular formula is C17H23N5O2. The Bertz CT molecular complexity index is 679. The molecular weight excluding hydrogens is 306 g/mol. The van der Waals surface area contributed by atoms with Crippen molar-refractivity contribution in [3.63, 3.8) is 0 Å². The summed E-state index contributed by atoms with van der Waals surface area (Å²) in [4.78, 5) is 14.3. The van der Waals surface area contributed by atoms with Gasteiger partial charge in [-0.2, -0.15) is 4.68 Å². The number of amides is 1.